The van der Waals surface area contributed by atoms with Crippen molar-refractivity contribution in [1.29, 1.82) is 0 Å². The van der Waals surface area contributed by atoms with E-state index in [0.29, 0.717) is 4.53 Å². The van der Waals surface area contributed by atoms with Crippen LogP contribution in [0.1, 0.15) is 34.0 Å². The van der Waals surface area contributed by atoms with E-state index in [0.717, 1.165) is 56.8 Å². The average molecular weight is 572 g/mol. The van der Waals surface area contributed by atoms with E-state index in [4.69, 9.17) is 9.73 Å². The Balaban J connectivity index is 1.40. The predicted octanol–water partition coefficient (Wildman–Crippen LogP) is 6.54. The van der Waals surface area contributed by atoms with E-state index in [1.807, 2.05) is 47.0 Å². The van der Waals surface area contributed by atoms with Gasteiger partial charge in [0, 0.05) is 26.9 Å². The number of aryl methyl sites for hydroxylation is 1. The number of H-pyrrole nitrogens is 1. The number of allylic oxidation sites excluding steroid dienone is 1. The third-order valence-corrected chi connectivity index (χ3v) is 9.98. The molecule has 0 fully saturated rings. The zero-order chi connectivity index (χ0) is 27.5. The number of nitrogens with zero attached hydrogens (tertiary/aromatic N) is 2. The number of methoxy groups -OCH3 is 1. The monoisotopic (exact) mass is 571 g/mol. The molecule has 1 aliphatic heterocycles. The van der Waals surface area contributed by atoms with Crippen molar-refractivity contribution in [1.82, 2.24) is 9.55 Å². The highest BCUT2D eigenvalue weighted by Gasteiger charge is 2.33. The highest BCUT2D eigenvalue weighted by atomic mass is 32.1. The van der Waals surface area contributed by atoms with Crippen LogP contribution >= 0.6 is 22.7 Å². The number of thiophene rings is 1. The minimum atomic E-state index is -0.145. The summed E-state index contributed by atoms with van der Waals surface area (Å²) in [6.45, 7) is 0. The molecule has 4 heterocycles. The van der Waals surface area contributed by atoms with Crippen molar-refractivity contribution in [2.45, 2.75) is 18.9 Å². The summed E-state index contributed by atoms with van der Waals surface area (Å²) in [4.78, 5) is 25.0. The molecule has 5 nitrogen and oxygen atoms in total. The first-order valence-electron chi connectivity index (χ1n) is 13.6. The van der Waals surface area contributed by atoms with Crippen molar-refractivity contribution in [3.8, 4) is 17.0 Å². The van der Waals surface area contributed by atoms with Gasteiger partial charge < -0.3 is 9.72 Å². The lowest BCUT2D eigenvalue weighted by atomic mass is 9.85. The third kappa shape index (κ3) is 3.88. The fourth-order valence-corrected chi connectivity index (χ4v) is 7.98. The Morgan fingerprint density at radius 1 is 1.00 bits per heavy atom. The molecule has 200 valence electrons. The van der Waals surface area contributed by atoms with Crippen LogP contribution in [0.15, 0.2) is 106 Å². The van der Waals surface area contributed by atoms with Crippen molar-refractivity contribution in [2.24, 2.45) is 4.99 Å². The maximum atomic E-state index is 14.3. The molecule has 0 spiro atoms. The number of hydrogen-bond acceptors (Lipinski definition) is 5. The fraction of sp³-hybridized carbons (Fsp3) is 0.118. The summed E-state index contributed by atoms with van der Waals surface area (Å²) in [6, 6.07) is 28.9. The van der Waals surface area contributed by atoms with Crippen LogP contribution in [0.25, 0.3) is 33.9 Å². The van der Waals surface area contributed by atoms with Crippen LogP contribution in [0.2, 0.25) is 0 Å². The summed E-state index contributed by atoms with van der Waals surface area (Å²) >= 11 is 3.17. The summed E-state index contributed by atoms with van der Waals surface area (Å²) in [5, 5.41) is 3.10. The Labute approximate surface area is 244 Å². The molecule has 0 saturated heterocycles. The number of hydrogen-bond donors (Lipinski definition) is 1. The molecule has 0 saturated carbocycles. The summed E-state index contributed by atoms with van der Waals surface area (Å²) < 4.78 is 8.15. The lowest BCUT2D eigenvalue weighted by Crippen LogP contribution is -2.38. The highest BCUT2D eigenvalue weighted by Crippen LogP contribution is 2.42. The van der Waals surface area contributed by atoms with Gasteiger partial charge in [0.15, 0.2) is 4.80 Å². The maximum absolute atomic E-state index is 14.3. The third-order valence-electron chi connectivity index (χ3n) is 8.07. The summed E-state index contributed by atoms with van der Waals surface area (Å²) in [6.07, 6.45) is 3.88. The molecule has 6 aromatic rings. The van der Waals surface area contributed by atoms with Crippen molar-refractivity contribution < 1.29 is 4.74 Å². The Kier molecular flexibility index (Phi) is 5.69. The number of benzene rings is 3. The van der Waals surface area contributed by atoms with E-state index in [1.54, 1.807) is 18.4 Å². The number of rotatable bonds is 4. The number of thiazole rings is 1. The predicted molar refractivity (Wildman–Crippen MR) is 167 cm³/mol. The van der Waals surface area contributed by atoms with Gasteiger partial charge in [-0.05, 0) is 65.3 Å². The smallest absolute Gasteiger partial charge is 0.271 e. The van der Waals surface area contributed by atoms with Gasteiger partial charge in [-0.3, -0.25) is 9.36 Å². The molecule has 3 aromatic heterocycles. The van der Waals surface area contributed by atoms with E-state index in [9.17, 15) is 4.79 Å². The summed E-state index contributed by atoms with van der Waals surface area (Å²) in [7, 11) is 1.67. The molecule has 1 aliphatic carbocycles. The Bertz CT molecular complexity index is 2170. The highest BCUT2D eigenvalue weighted by molar-refractivity contribution is 7.10. The van der Waals surface area contributed by atoms with Gasteiger partial charge in [-0.25, -0.2) is 4.99 Å². The van der Waals surface area contributed by atoms with Gasteiger partial charge in [0.2, 0.25) is 0 Å². The number of ether oxygens (including phenoxy) is 1. The van der Waals surface area contributed by atoms with Crippen LogP contribution in [0.3, 0.4) is 0 Å². The quantitative estimate of drug-likeness (QED) is 0.261. The SMILES string of the molecule is COc1ccc2[nH]c(-c3ccccc3)c(/C=c3/sc4n(c3=O)[C@H](c3cccs3)C3=C(N=4)c4ccccc4CC3)c2c1. The van der Waals surface area contributed by atoms with Gasteiger partial charge in [0.25, 0.3) is 5.56 Å². The van der Waals surface area contributed by atoms with E-state index < -0.39 is 0 Å². The van der Waals surface area contributed by atoms with E-state index in [2.05, 4.69) is 58.9 Å². The van der Waals surface area contributed by atoms with Gasteiger partial charge in [-0.2, -0.15) is 0 Å². The van der Waals surface area contributed by atoms with Crippen molar-refractivity contribution in [2.75, 3.05) is 7.11 Å². The number of aromatic amines is 1. The summed E-state index contributed by atoms with van der Waals surface area (Å²) in [5.41, 5.74) is 8.75. The number of fused-ring (bicyclic) bond motifs is 4. The van der Waals surface area contributed by atoms with Gasteiger partial charge in [-0.15, -0.1) is 11.3 Å². The largest absolute Gasteiger partial charge is 0.497 e. The fourth-order valence-electron chi connectivity index (χ4n) is 6.15. The molecular formula is C34H25N3O2S2. The lowest BCUT2D eigenvalue weighted by Gasteiger charge is -2.30. The summed E-state index contributed by atoms with van der Waals surface area (Å²) in [5.74, 6) is 0.774. The standard InChI is InChI=1S/C34H25N3O2S2/c1-39-22-14-16-27-25(18-22)26(30(35-27)21-9-3-2-4-10-21)19-29-33(38)37-32(28-12-7-17-40-28)24-15-13-20-8-5-6-11-23(20)31(24)36-34(37)41-29/h2-12,14,16-19,32,35H,13,15H2,1H3/b29-19+/t32-/m0/s1. The lowest BCUT2D eigenvalue weighted by molar-refractivity contribution is 0.415. The van der Waals surface area contributed by atoms with Crippen molar-refractivity contribution in [3.05, 3.63) is 137 Å². The maximum Gasteiger partial charge on any atom is 0.271 e. The minimum Gasteiger partial charge on any atom is -0.497 e. The molecule has 8 rings (SSSR count). The van der Waals surface area contributed by atoms with Gasteiger partial charge >= 0.3 is 0 Å². The van der Waals surface area contributed by atoms with Crippen LogP contribution in [0, 0.1) is 0 Å². The van der Waals surface area contributed by atoms with E-state index in [1.165, 1.54) is 32.9 Å². The van der Waals surface area contributed by atoms with Crippen molar-refractivity contribution >= 4 is 45.3 Å². The van der Waals surface area contributed by atoms with E-state index >= 15 is 0 Å². The minimum absolute atomic E-state index is 0.00573. The zero-order valence-corrected chi connectivity index (χ0v) is 23.9. The number of aromatic nitrogens is 2. The Morgan fingerprint density at radius 3 is 2.68 bits per heavy atom. The first-order chi connectivity index (χ1) is 20.2. The molecule has 0 unspecified atom stereocenters. The molecular weight excluding hydrogens is 547 g/mol. The van der Waals surface area contributed by atoms with Crippen LogP contribution in [0.4, 0.5) is 0 Å². The van der Waals surface area contributed by atoms with Crippen molar-refractivity contribution in [3.63, 3.8) is 0 Å². The molecule has 2 aliphatic rings. The van der Waals surface area contributed by atoms with Gasteiger partial charge in [0.1, 0.15) is 5.75 Å². The van der Waals surface area contributed by atoms with Crippen LogP contribution in [-0.2, 0) is 6.42 Å². The first-order valence-corrected chi connectivity index (χ1v) is 15.3. The Morgan fingerprint density at radius 2 is 1.85 bits per heavy atom. The molecule has 0 amide bonds. The molecule has 0 bridgehead atoms. The second-order valence-electron chi connectivity index (χ2n) is 10.3. The topological polar surface area (TPSA) is 59.4 Å². The second-order valence-corrected chi connectivity index (χ2v) is 12.3. The molecule has 0 radical (unpaired) electrons. The van der Waals surface area contributed by atoms with Gasteiger partial charge in [0.05, 0.1) is 29.1 Å². The molecule has 7 heteroatoms. The van der Waals surface area contributed by atoms with Crippen LogP contribution in [0.5, 0.6) is 5.75 Å². The average Bonchev–Trinajstić information content (AvgIpc) is 3.75. The molecule has 1 atom stereocenters. The van der Waals surface area contributed by atoms with Crippen LogP contribution in [-0.4, -0.2) is 16.7 Å². The number of nitrogens with one attached hydrogen (secondary N) is 1. The first kappa shape index (κ1) is 24.3. The van der Waals surface area contributed by atoms with E-state index in [-0.39, 0.29) is 11.6 Å². The second kappa shape index (κ2) is 9.58. The van der Waals surface area contributed by atoms with Gasteiger partial charge in [-0.1, -0.05) is 72.0 Å². The molecule has 3 aromatic carbocycles. The Hall–Kier alpha value is -4.46. The molecule has 1 N–H and O–H groups in total. The zero-order valence-electron chi connectivity index (χ0n) is 22.3. The normalized spacial score (nSPS) is 16.3. The molecule has 41 heavy (non-hydrogen) atoms. The van der Waals surface area contributed by atoms with Crippen LogP contribution < -0.4 is 19.6 Å².